The molecule has 0 amide bonds. The first-order valence-electron chi connectivity index (χ1n) is 7.66. The van der Waals surface area contributed by atoms with Crippen LogP contribution >= 0.6 is 0 Å². The summed E-state index contributed by atoms with van der Waals surface area (Å²) in [6.07, 6.45) is 0. The van der Waals surface area contributed by atoms with Gasteiger partial charge in [-0.25, -0.2) is 4.98 Å². The van der Waals surface area contributed by atoms with Gasteiger partial charge in [-0.15, -0.1) is 0 Å². The van der Waals surface area contributed by atoms with E-state index in [2.05, 4.69) is 11.1 Å². The minimum absolute atomic E-state index is 0.191. The van der Waals surface area contributed by atoms with Crippen molar-refractivity contribution in [3.05, 3.63) is 60.2 Å². The van der Waals surface area contributed by atoms with Crippen molar-refractivity contribution in [3.8, 4) is 40.0 Å². The first kappa shape index (κ1) is 16.3. The van der Waals surface area contributed by atoms with Crippen LogP contribution in [0.15, 0.2) is 54.6 Å². The number of hydrogen-bond donors (Lipinski definition) is 1. The minimum Gasteiger partial charge on any atom is -0.497 e. The Hall–Kier alpha value is -3.52. The number of nitriles is 1. The predicted octanol–water partition coefficient (Wildman–Crippen LogP) is 3.89. The van der Waals surface area contributed by atoms with Crippen molar-refractivity contribution < 1.29 is 9.47 Å². The summed E-state index contributed by atoms with van der Waals surface area (Å²) in [4.78, 5) is 4.40. The van der Waals surface area contributed by atoms with Gasteiger partial charge in [-0.05, 0) is 23.8 Å². The van der Waals surface area contributed by atoms with Gasteiger partial charge >= 0.3 is 0 Å². The molecule has 0 aliphatic heterocycles. The second kappa shape index (κ2) is 6.93. The number of hydrogen-bond acceptors (Lipinski definition) is 5. The average molecular weight is 331 g/mol. The van der Waals surface area contributed by atoms with Gasteiger partial charge in [-0.2, -0.15) is 5.26 Å². The molecule has 3 rings (SSSR count). The van der Waals surface area contributed by atoms with Gasteiger partial charge < -0.3 is 15.2 Å². The van der Waals surface area contributed by atoms with Gasteiger partial charge in [0.15, 0.2) is 0 Å². The highest BCUT2D eigenvalue weighted by Gasteiger charge is 2.16. The van der Waals surface area contributed by atoms with Gasteiger partial charge in [0.05, 0.1) is 19.9 Å². The number of nitrogens with two attached hydrogens (primary N) is 1. The first-order chi connectivity index (χ1) is 12.2. The van der Waals surface area contributed by atoms with E-state index in [-0.39, 0.29) is 5.82 Å². The van der Waals surface area contributed by atoms with E-state index >= 15 is 0 Å². The fourth-order valence-electron chi connectivity index (χ4n) is 2.68. The summed E-state index contributed by atoms with van der Waals surface area (Å²) in [7, 11) is 3.18. The van der Waals surface area contributed by atoms with Crippen LogP contribution in [-0.4, -0.2) is 19.2 Å². The molecule has 5 nitrogen and oxygen atoms in total. The van der Waals surface area contributed by atoms with Crippen LogP contribution in [0.25, 0.3) is 22.4 Å². The number of ether oxygens (including phenoxy) is 2. The molecule has 0 aliphatic carbocycles. The molecule has 0 saturated carbocycles. The number of nitrogen functional groups attached to an aromatic ring is 1. The molecule has 0 atom stereocenters. The molecule has 124 valence electrons. The lowest BCUT2D eigenvalue weighted by Gasteiger charge is -2.13. The Morgan fingerprint density at radius 3 is 2.36 bits per heavy atom. The van der Waals surface area contributed by atoms with Crippen molar-refractivity contribution in [2.45, 2.75) is 0 Å². The smallest absolute Gasteiger partial charge is 0.142 e. The fraction of sp³-hybridized carbons (Fsp3) is 0.100. The molecule has 0 fully saturated rings. The number of nitrogens with zero attached hydrogens (tertiary/aromatic N) is 2. The predicted molar refractivity (Wildman–Crippen MR) is 97.3 cm³/mol. The number of anilines is 1. The van der Waals surface area contributed by atoms with Gasteiger partial charge in [-0.1, -0.05) is 30.3 Å². The summed E-state index contributed by atoms with van der Waals surface area (Å²) in [5, 5.41) is 9.48. The van der Waals surface area contributed by atoms with Gasteiger partial charge in [0.2, 0.25) is 0 Å². The number of aromatic nitrogens is 1. The fourth-order valence-corrected chi connectivity index (χ4v) is 2.68. The zero-order valence-corrected chi connectivity index (χ0v) is 14.0. The average Bonchev–Trinajstić information content (AvgIpc) is 2.67. The third kappa shape index (κ3) is 3.10. The summed E-state index contributed by atoms with van der Waals surface area (Å²) in [6, 6.07) is 19.1. The van der Waals surface area contributed by atoms with Crippen LogP contribution in [0.3, 0.4) is 0 Å². The standard InChI is InChI=1S/C20H17N3O2/c1-24-14-8-9-15(19(10-14)25-2)18-11-16(13-6-4-3-5-7-13)17(12-21)20(22)23-18/h3-11H,1-2H3,(H2,22,23). The molecule has 5 heteroatoms. The molecular weight excluding hydrogens is 314 g/mol. The van der Waals surface area contributed by atoms with Crippen LogP contribution in [0, 0.1) is 11.3 Å². The van der Waals surface area contributed by atoms with Gasteiger partial charge in [-0.3, -0.25) is 0 Å². The van der Waals surface area contributed by atoms with Crippen LogP contribution in [0.2, 0.25) is 0 Å². The molecule has 3 aromatic rings. The zero-order valence-electron chi connectivity index (χ0n) is 14.0. The van der Waals surface area contributed by atoms with Crippen molar-refractivity contribution in [2.75, 3.05) is 20.0 Å². The normalized spacial score (nSPS) is 10.1. The highest BCUT2D eigenvalue weighted by Crippen LogP contribution is 2.36. The molecule has 25 heavy (non-hydrogen) atoms. The Bertz CT molecular complexity index is 947. The monoisotopic (exact) mass is 331 g/mol. The molecule has 1 aromatic heterocycles. The summed E-state index contributed by atoms with van der Waals surface area (Å²) in [5.74, 6) is 1.50. The molecule has 2 aromatic carbocycles. The molecule has 0 aliphatic rings. The summed E-state index contributed by atoms with van der Waals surface area (Å²) in [5.41, 5.74) is 9.47. The molecule has 0 saturated heterocycles. The van der Waals surface area contributed by atoms with E-state index in [0.717, 1.165) is 16.7 Å². The lowest BCUT2D eigenvalue weighted by atomic mass is 9.98. The Morgan fingerprint density at radius 1 is 0.960 bits per heavy atom. The van der Waals surface area contributed by atoms with E-state index in [4.69, 9.17) is 15.2 Å². The van der Waals surface area contributed by atoms with Gasteiger partial charge in [0, 0.05) is 17.2 Å². The van der Waals surface area contributed by atoms with E-state index in [1.54, 1.807) is 20.3 Å². The van der Waals surface area contributed by atoms with Crippen molar-refractivity contribution in [2.24, 2.45) is 0 Å². The molecule has 0 spiro atoms. The SMILES string of the molecule is COc1ccc(-c2cc(-c3ccccc3)c(C#N)c(N)n2)c(OC)c1. The Balaban J connectivity index is 2.23. The minimum atomic E-state index is 0.191. The van der Waals surface area contributed by atoms with Crippen LogP contribution in [0.1, 0.15) is 5.56 Å². The Kier molecular flexibility index (Phi) is 4.53. The second-order valence-corrected chi connectivity index (χ2v) is 5.36. The first-order valence-corrected chi connectivity index (χ1v) is 7.66. The molecule has 0 unspecified atom stereocenters. The van der Waals surface area contributed by atoms with Crippen molar-refractivity contribution in [3.63, 3.8) is 0 Å². The number of benzene rings is 2. The van der Waals surface area contributed by atoms with E-state index in [1.807, 2.05) is 48.5 Å². The maximum Gasteiger partial charge on any atom is 0.142 e. The van der Waals surface area contributed by atoms with Gasteiger partial charge in [0.25, 0.3) is 0 Å². The number of methoxy groups -OCH3 is 2. The highest BCUT2D eigenvalue weighted by molar-refractivity contribution is 5.81. The Labute approximate surface area is 146 Å². The highest BCUT2D eigenvalue weighted by atomic mass is 16.5. The van der Waals surface area contributed by atoms with E-state index < -0.39 is 0 Å². The number of rotatable bonds is 4. The third-order valence-electron chi connectivity index (χ3n) is 3.93. The van der Waals surface area contributed by atoms with Crippen LogP contribution in [0.5, 0.6) is 11.5 Å². The summed E-state index contributed by atoms with van der Waals surface area (Å²) in [6.45, 7) is 0. The van der Waals surface area contributed by atoms with Crippen molar-refractivity contribution >= 4 is 5.82 Å². The quantitative estimate of drug-likeness (QED) is 0.784. The maximum atomic E-state index is 9.48. The lowest BCUT2D eigenvalue weighted by Crippen LogP contribution is -2.00. The van der Waals surface area contributed by atoms with E-state index in [0.29, 0.717) is 22.8 Å². The summed E-state index contributed by atoms with van der Waals surface area (Å²) >= 11 is 0. The molecular formula is C20H17N3O2. The lowest BCUT2D eigenvalue weighted by molar-refractivity contribution is 0.395. The maximum absolute atomic E-state index is 9.48. The topological polar surface area (TPSA) is 81.2 Å². The summed E-state index contributed by atoms with van der Waals surface area (Å²) < 4.78 is 10.7. The molecule has 1 heterocycles. The van der Waals surface area contributed by atoms with E-state index in [1.165, 1.54) is 0 Å². The molecule has 0 radical (unpaired) electrons. The van der Waals surface area contributed by atoms with E-state index in [9.17, 15) is 5.26 Å². The van der Waals surface area contributed by atoms with Crippen LogP contribution in [0.4, 0.5) is 5.82 Å². The molecule has 0 bridgehead atoms. The largest absolute Gasteiger partial charge is 0.497 e. The van der Waals surface area contributed by atoms with Gasteiger partial charge in [0.1, 0.15) is 28.9 Å². The van der Waals surface area contributed by atoms with Crippen molar-refractivity contribution in [1.29, 1.82) is 5.26 Å². The second-order valence-electron chi connectivity index (χ2n) is 5.36. The van der Waals surface area contributed by atoms with Crippen LogP contribution in [-0.2, 0) is 0 Å². The number of pyridine rings is 1. The van der Waals surface area contributed by atoms with Crippen molar-refractivity contribution in [1.82, 2.24) is 4.98 Å². The van der Waals surface area contributed by atoms with Crippen LogP contribution < -0.4 is 15.2 Å². The molecule has 2 N–H and O–H groups in total. The zero-order chi connectivity index (χ0) is 17.8. The third-order valence-corrected chi connectivity index (χ3v) is 3.93. The Morgan fingerprint density at radius 2 is 1.72 bits per heavy atom.